The number of carbonyl (C=O) groups is 1. The van der Waals surface area contributed by atoms with Gasteiger partial charge in [0.1, 0.15) is 11.6 Å². The first-order valence-corrected chi connectivity index (χ1v) is 7.35. The number of amides is 1. The molecule has 0 aliphatic rings. The lowest BCUT2D eigenvalue weighted by molar-refractivity contribution is -0.117. The Balaban J connectivity index is 1.95. The number of nitrogens with one attached hydrogen (secondary N) is 1. The summed E-state index contributed by atoms with van der Waals surface area (Å²) in [5.74, 6) is 0.235. The van der Waals surface area contributed by atoms with Crippen LogP contribution in [0.1, 0.15) is 11.1 Å². The summed E-state index contributed by atoms with van der Waals surface area (Å²) in [7, 11) is 3.48. The topological polar surface area (TPSA) is 41.6 Å². The van der Waals surface area contributed by atoms with Crippen LogP contribution in [-0.4, -0.2) is 31.5 Å². The highest BCUT2D eigenvalue weighted by Gasteiger charge is 2.11. The molecule has 0 heterocycles. The quantitative estimate of drug-likeness (QED) is 0.890. The van der Waals surface area contributed by atoms with Crippen molar-refractivity contribution in [1.82, 2.24) is 4.90 Å². The van der Waals surface area contributed by atoms with Gasteiger partial charge in [0.25, 0.3) is 0 Å². The van der Waals surface area contributed by atoms with Gasteiger partial charge in [-0.1, -0.05) is 23.8 Å². The van der Waals surface area contributed by atoms with Crippen molar-refractivity contribution in [3.8, 4) is 5.75 Å². The molecule has 5 heteroatoms. The number of carbonyl (C=O) groups excluding carboxylic acids is 1. The standard InChI is InChI=1S/C18H21FN2O2/c1-13-7-8-17(23-3)14(9-13)11-21(2)12-18(22)20-16-6-4-5-15(19)10-16/h4-10H,11-12H2,1-3H3,(H,20,22). The molecular weight excluding hydrogens is 295 g/mol. The van der Waals surface area contributed by atoms with Crippen molar-refractivity contribution >= 4 is 11.6 Å². The fourth-order valence-electron chi connectivity index (χ4n) is 2.39. The zero-order valence-corrected chi connectivity index (χ0v) is 13.6. The largest absolute Gasteiger partial charge is 0.496 e. The molecule has 2 rings (SSSR count). The van der Waals surface area contributed by atoms with Crippen LogP contribution in [-0.2, 0) is 11.3 Å². The number of ether oxygens (including phenoxy) is 1. The molecule has 0 bridgehead atoms. The molecule has 0 fully saturated rings. The molecule has 1 amide bonds. The molecule has 0 atom stereocenters. The van der Waals surface area contributed by atoms with Crippen molar-refractivity contribution in [2.45, 2.75) is 13.5 Å². The van der Waals surface area contributed by atoms with Crippen LogP contribution >= 0.6 is 0 Å². The van der Waals surface area contributed by atoms with E-state index in [1.807, 2.05) is 37.1 Å². The van der Waals surface area contributed by atoms with Crippen molar-refractivity contribution in [1.29, 1.82) is 0 Å². The van der Waals surface area contributed by atoms with E-state index in [0.29, 0.717) is 12.2 Å². The van der Waals surface area contributed by atoms with Gasteiger partial charge in [-0.05, 0) is 38.2 Å². The third-order valence-electron chi connectivity index (χ3n) is 3.40. The van der Waals surface area contributed by atoms with Crippen LogP contribution in [0, 0.1) is 12.7 Å². The maximum absolute atomic E-state index is 13.1. The Morgan fingerprint density at radius 1 is 1.26 bits per heavy atom. The minimum absolute atomic E-state index is 0.190. The Morgan fingerprint density at radius 2 is 2.04 bits per heavy atom. The molecule has 2 aromatic rings. The van der Waals surface area contributed by atoms with E-state index in [2.05, 4.69) is 5.32 Å². The van der Waals surface area contributed by atoms with Gasteiger partial charge in [0, 0.05) is 17.8 Å². The molecule has 0 aliphatic carbocycles. The molecular formula is C18H21FN2O2. The molecule has 0 aromatic heterocycles. The van der Waals surface area contributed by atoms with Crippen LogP contribution in [0.25, 0.3) is 0 Å². The highest BCUT2D eigenvalue weighted by atomic mass is 19.1. The molecule has 0 saturated heterocycles. The predicted octanol–water partition coefficient (Wildman–Crippen LogP) is 3.21. The summed E-state index contributed by atoms with van der Waals surface area (Å²) in [5.41, 5.74) is 2.61. The maximum atomic E-state index is 13.1. The normalized spacial score (nSPS) is 10.7. The second-order valence-corrected chi connectivity index (χ2v) is 5.55. The van der Waals surface area contributed by atoms with E-state index >= 15 is 0 Å². The summed E-state index contributed by atoms with van der Waals surface area (Å²) in [6.07, 6.45) is 0. The van der Waals surface area contributed by atoms with E-state index in [1.54, 1.807) is 19.2 Å². The number of nitrogens with zero attached hydrogens (tertiary/aromatic N) is 1. The van der Waals surface area contributed by atoms with Crippen molar-refractivity contribution in [3.63, 3.8) is 0 Å². The highest BCUT2D eigenvalue weighted by Crippen LogP contribution is 2.21. The van der Waals surface area contributed by atoms with Crippen molar-refractivity contribution < 1.29 is 13.9 Å². The summed E-state index contributed by atoms with van der Waals surface area (Å²) in [4.78, 5) is 13.9. The highest BCUT2D eigenvalue weighted by molar-refractivity contribution is 5.92. The smallest absolute Gasteiger partial charge is 0.238 e. The summed E-state index contributed by atoms with van der Waals surface area (Å²) in [6, 6.07) is 11.8. The van der Waals surface area contributed by atoms with Gasteiger partial charge < -0.3 is 10.1 Å². The minimum Gasteiger partial charge on any atom is -0.496 e. The van der Waals surface area contributed by atoms with Crippen LogP contribution in [0.15, 0.2) is 42.5 Å². The lowest BCUT2D eigenvalue weighted by Crippen LogP contribution is -2.30. The molecule has 2 aromatic carbocycles. The Hall–Kier alpha value is -2.40. The molecule has 23 heavy (non-hydrogen) atoms. The monoisotopic (exact) mass is 316 g/mol. The number of anilines is 1. The van der Waals surface area contributed by atoms with Gasteiger partial charge in [-0.3, -0.25) is 9.69 Å². The number of hydrogen-bond acceptors (Lipinski definition) is 3. The fourth-order valence-corrected chi connectivity index (χ4v) is 2.39. The lowest BCUT2D eigenvalue weighted by Gasteiger charge is -2.18. The van der Waals surface area contributed by atoms with Gasteiger partial charge >= 0.3 is 0 Å². The molecule has 4 nitrogen and oxygen atoms in total. The maximum Gasteiger partial charge on any atom is 0.238 e. The van der Waals surface area contributed by atoms with E-state index in [9.17, 15) is 9.18 Å². The van der Waals surface area contributed by atoms with E-state index < -0.39 is 0 Å². The Bertz CT molecular complexity index is 688. The number of halogens is 1. The molecule has 0 spiro atoms. The van der Waals surface area contributed by atoms with Gasteiger partial charge in [0.15, 0.2) is 0 Å². The predicted molar refractivity (Wildman–Crippen MR) is 89.1 cm³/mol. The molecule has 0 aliphatic heterocycles. The molecule has 0 radical (unpaired) electrons. The number of methoxy groups -OCH3 is 1. The van der Waals surface area contributed by atoms with Gasteiger partial charge in [-0.15, -0.1) is 0 Å². The van der Waals surface area contributed by atoms with Gasteiger partial charge in [0.05, 0.1) is 13.7 Å². The average molecular weight is 316 g/mol. The Morgan fingerprint density at radius 3 is 2.74 bits per heavy atom. The van der Waals surface area contributed by atoms with Crippen molar-refractivity contribution in [3.05, 3.63) is 59.4 Å². The van der Waals surface area contributed by atoms with E-state index in [-0.39, 0.29) is 18.3 Å². The number of aryl methyl sites for hydroxylation is 1. The van der Waals surface area contributed by atoms with Crippen LogP contribution < -0.4 is 10.1 Å². The summed E-state index contributed by atoms with van der Waals surface area (Å²) >= 11 is 0. The molecule has 0 unspecified atom stereocenters. The SMILES string of the molecule is COc1ccc(C)cc1CN(C)CC(=O)Nc1cccc(F)c1. The first-order chi connectivity index (χ1) is 11.0. The van der Waals surface area contributed by atoms with Gasteiger partial charge in [0.2, 0.25) is 5.91 Å². The summed E-state index contributed by atoms with van der Waals surface area (Å²) in [6.45, 7) is 2.80. The number of hydrogen-bond donors (Lipinski definition) is 1. The zero-order valence-electron chi connectivity index (χ0n) is 13.6. The van der Waals surface area contributed by atoms with Crippen LogP contribution in [0.3, 0.4) is 0 Å². The van der Waals surface area contributed by atoms with Gasteiger partial charge in [-0.25, -0.2) is 4.39 Å². The van der Waals surface area contributed by atoms with Crippen LogP contribution in [0.5, 0.6) is 5.75 Å². The third kappa shape index (κ3) is 5.07. The van der Waals surface area contributed by atoms with Gasteiger partial charge in [-0.2, -0.15) is 0 Å². The number of likely N-dealkylation sites (N-methyl/N-ethyl adjacent to an activating group) is 1. The third-order valence-corrected chi connectivity index (χ3v) is 3.40. The first kappa shape index (κ1) is 17.0. The first-order valence-electron chi connectivity index (χ1n) is 7.35. The van der Waals surface area contributed by atoms with Crippen molar-refractivity contribution in [2.75, 3.05) is 26.0 Å². The zero-order chi connectivity index (χ0) is 16.8. The fraction of sp³-hybridized carbons (Fsp3) is 0.278. The second kappa shape index (κ2) is 7.74. The number of rotatable bonds is 6. The van der Waals surface area contributed by atoms with E-state index in [1.165, 1.54) is 12.1 Å². The van der Waals surface area contributed by atoms with Crippen molar-refractivity contribution in [2.24, 2.45) is 0 Å². The average Bonchev–Trinajstić information content (AvgIpc) is 2.47. The van der Waals surface area contributed by atoms with Crippen LogP contribution in [0.4, 0.5) is 10.1 Å². The second-order valence-electron chi connectivity index (χ2n) is 5.55. The Kier molecular flexibility index (Phi) is 5.71. The summed E-state index contributed by atoms with van der Waals surface area (Å²) < 4.78 is 18.5. The molecule has 1 N–H and O–H groups in total. The Labute approximate surface area is 135 Å². The summed E-state index contributed by atoms with van der Waals surface area (Å²) in [5, 5.41) is 2.69. The van der Waals surface area contributed by atoms with Crippen LogP contribution in [0.2, 0.25) is 0 Å². The molecule has 0 saturated carbocycles. The van der Waals surface area contributed by atoms with E-state index in [4.69, 9.17) is 4.74 Å². The van der Waals surface area contributed by atoms with E-state index in [0.717, 1.165) is 16.9 Å². The molecule has 122 valence electrons. The lowest BCUT2D eigenvalue weighted by atomic mass is 10.1. The minimum atomic E-state index is -0.374. The number of benzene rings is 2.